The van der Waals surface area contributed by atoms with Crippen LogP contribution in [0, 0.1) is 0 Å². The van der Waals surface area contributed by atoms with Crippen molar-refractivity contribution in [3.8, 4) is 0 Å². The van der Waals surface area contributed by atoms with Gasteiger partial charge in [0.15, 0.2) is 0 Å². The van der Waals surface area contributed by atoms with Crippen molar-refractivity contribution in [2.75, 3.05) is 6.61 Å². The SMILES string of the molecule is O=S(=O)(NC1CCOC(C2c3ccccc3CCc3ccccc32)C1)c1ccc(Br)cc1. The fourth-order valence-corrected chi connectivity index (χ4v) is 6.58. The monoisotopic (exact) mass is 511 g/mol. The van der Waals surface area contributed by atoms with Crippen molar-refractivity contribution in [3.63, 3.8) is 0 Å². The van der Waals surface area contributed by atoms with Crippen molar-refractivity contribution < 1.29 is 13.2 Å². The predicted octanol–water partition coefficient (Wildman–Crippen LogP) is 5.21. The van der Waals surface area contributed by atoms with E-state index in [1.54, 1.807) is 24.3 Å². The van der Waals surface area contributed by atoms with Gasteiger partial charge < -0.3 is 4.74 Å². The molecule has 0 radical (unpaired) electrons. The Kier molecular flexibility index (Phi) is 6.21. The predicted molar refractivity (Wildman–Crippen MR) is 129 cm³/mol. The molecule has 2 unspecified atom stereocenters. The first-order valence-corrected chi connectivity index (χ1v) is 13.3. The van der Waals surface area contributed by atoms with Crippen molar-refractivity contribution in [2.24, 2.45) is 0 Å². The molecular weight excluding hydrogens is 486 g/mol. The number of hydrogen-bond acceptors (Lipinski definition) is 3. The van der Waals surface area contributed by atoms with Crippen LogP contribution in [0.3, 0.4) is 0 Å². The van der Waals surface area contributed by atoms with Gasteiger partial charge in [-0.1, -0.05) is 64.5 Å². The quantitative estimate of drug-likeness (QED) is 0.523. The van der Waals surface area contributed by atoms with Gasteiger partial charge in [-0.25, -0.2) is 13.1 Å². The molecule has 3 aromatic carbocycles. The summed E-state index contributed by atoms with van der Waals surface area (Å²) in [4.78, 5) is 0.286. The van der Waals surface area contributed by atoms with Crippen molar-refractivity contribution in [2.45, 2.75) is 48.6 Å². The van der Waals surface area contributed by atoms with Crippen LogP contribution in [-0.2, 0) is 27.6 Å². The van der Waals surface area contributed by atoms with Crippen LogP contribution in [0.25, 0.3) is 0 Å². The molecule has 4 nitrogen and oxygen atoms in total. The summed E-state index contributed by atoms with van der Waals surface area (Å²) < 4.78 is 36.1. The largest absolute Gasteiger partial charge is 0.377 e. The van der Waals surface area contributed by atoms with Gasteiger partial charge in [-0.05, 0) is 72.2 Å². The van der Waals surface area contributed by atoms with Crippen molar-refractivity contribution >= 4 is 26.0 Å². The van der Waals surface area contributed by atoms with Gasteiger partial charge in [-0.15, -0.1) is 0 Å². The highest BCUT2D eigenvalue weighted by Gasteiger charge is 2.36. The molecular formula is C26H26BrNO3S. The van der Waals surface area contributed by atoms with E-state index in [9.17, 15) is 8.42 Å². The van der Waals surface area contributed by atoms with Gasteiger partial charge in [-0.2, -0.15) is 0 Å². The van der Waals surface area contributed by atoms with E-state index in [2.05, 4.69) is 69.2 Å². The Bertz CT molecular complexity index is 1160. The Morgan fingerprint density at radius 2 is 1.44 bits per heavy atom. The van der Waals surface area contributed by atoms with Crippen molar-refractivity contribution in [3.05, 3.63) is 99.5 Å². The lowest BCUT2D eigenvalue weighted by atomic mass is 9.80. The summed E-state index contributed by atoms with van der Waals surface area (Å²) in [5, 5.41) is 0. The van der Waals surface area contributed by atoms with Crippen LogP contribution in [0.15, 0.2) is 82.2 Å². The molecule has 6 heteroatoms. The zero-order chi connectivity index (χ0) is 22.1. The summed E-state index contributed by atoms with van der Waals surface area (Å²) in [7, 11) is -3.59. The highest BCUT2D eigenvalue weighted by molar-refractivity contribution is 9.10. The number of benzene rings is 3. The Balaban J connectivity index is 1.44. The van der Waals surface area contributed by atoms with Crippen molar-refractivity contribution in [1.82, 2.24) is 4.72 Å². The first kappa shape index (κ1) is 21.8. The maximum absolute atomic E-state index is 13.0. The molecule has 2 aliphatic rings. The van der Waals surface area contributed by atoms with Gasteiger partial charge in [0.25, 0.3) is 0 Å². The lowest BCUT2D eigenvalue weighted by Gasteiger charge is -2.36. The van der Waals surface area contributed by atoms with Crippen LogP contribution in [-0.4, -0.2) is 27.2 Å². The molecule has 0 amide bonds. The zero-order valence-electron chi connectivity index (χ0n) is 17.7. The third-order valence-corrected chi connectivity index (χ3v) is 8.64. The molecule has 166 valence electrons. The number of ether oxygens (including phenoxy) is 1. The van der Waals surface area contributed by atoms with Gasteiger partial charge in [0.05, 0.1) is 11.0 Å². The number of halogens is 1. The molecule has 0 aromatic heterocycles. The van der Waals surface area contributed by atoms with Gasteiger partial charge in [-0.3, -0.25) is 0 Å². The summed E-state index contributed by atoms with van der Waals surface area (Å²) >= 11 is 3.36. The molecule has 1 aliphatic heterocycles. The van der Waals surface area contributed by atoms with E-state index in [0.717, 1.165) is 17.3 Å². The lowest BCUT2D eigenvalue weighted by Crippen LogP contribution is -2.44. The van der Waals surface area contributed by atoms with Crippen LogP contribution in [0.5, 0.6) is 0 Å². The topological polar surface area (TPSA) is 55.4 Å². The van der Waals surface area contributed by atoms with Crippen LogP contribution in [0.4, 0.5) is 0 Å². The smallest absolute Gasteiger partial charge is 0.240 e. The van der Waals surface area contributed by atoms with E-state index in [4.69, 9.17) is 4.74 Å². The molecule has 2 atom stereocenters. The molecule has 1 aliphatic carbocycles. The lowest BCUT2D eigenvalue weighted by molar-refractivity contribution is -0.00397. The molecule has 5 rings (SSSR count). The molecule has 3 aromatic rings. The maximum atomic E-state index is 13.0. The third kappa shape index (κ3) is 4.42. The Morgan fingerprint density at radius 1 is 0.844 bits per heavy atom. The van der Waals surface area contributed by atoms with Gasteiger partial charge in [0.2, 0.25) is 10.0 Å². The van der Waals surface area contributed by atoms with E-state index in [0.29, 0.717) is 19.4 Å². The first-order valence-electron chi connectivity index (χ1n) is 11.1. The minimum Gasteiger partial charge on any atom is -0.377 e. The van der Waals surface area contributed by atoms with E-state index >= 15 is 0 Å². The van der Waals surface area contributed by atoms with Crippen LogP contribution < -0.4 is 4.72 Å². The average Bonchev–Trinajstić information content (AvgIpc) is 2.96. The molecule has 1 saturated heterocycles. The maximum Gasteiger partial charge on any atom is 0.240 e. The fraction of sp³-hybridized carbons (Fsp3) is 0.308. The molecule has 1 N–H and O–H groups in total. The first-order chi connectivity index (χ1) is 15.5. The zero-order valence-corrected chi connectivity index (χ0v) is 20.1. The minimum absolute atomic E-state index is 0.0817. The van der Waals surface area contributed by atoms with Gasteiger partial charge in [0.1, 0.15) is 0 Å². The van der Waals surface area contributed by atoms with Gasteiger partial charge >= 0.3 is 0 Å². The van der Waals surface area contributed by atoms with Crippen LogP contribution in [0.2, 0.25) is 0 Å². The van der Waals surface area contributed by atoms with Crippen LogP contribution >= 0.6 is 15.9 Å². The second-order valence-electron chi connectivity index (χ2n) is 8.58. The molecule has 1 fully saturated rings. The Labute approximate surface area is 198 Å². The highest BCUT2D eigenvalue weighted by Crippen LogP contribution is 2.40. The number of aryl methyl sites for hydroxylation is 2. The highest BCUT2D eigenvalue weighted by atomic mass is 79.9. The summed E-state index contributed by atoms with van der Waals surface area (Å²) in [6.45, 7) is 0.541. The average molecular weight is 512 g/mol. The number of hydrogen-bond donors (Lipinski definition) is 1. The summed E-state index contributed by atoms with van der Waals surface area (Å²) in [5.74, 6) is 0.102. The third-order valence-electron chi connectivity index (χ3n) is 6.58. The van der Waals surface area contributed by atoms with E-state index in [1.165, 1.54) is 22.3 Å². The number of nitrogens with one attached hydrogen (secondary N) is 1. The van der Waals surface area contributed by atoms with Crippen molar-refractivity contribution in [1.29, 1.82) is 0 Å². The Hall–Kier alpha value is -1.99. The summed E-state index contributed by atoms with van der Waals surface area (Å²) in [6, 6.07) is 23.8. The number of rotatable bonds is 4. The van der Waals surface area contributed by atoms with E-state index in [1.807, 2.05) is 0 Å². The molecule has 0 bridgehead atoms. The second kappa shape index (κ2) is 9.10. The standard InChI is InChI=1S/C26H26BrNO3S/c27-20-11-13-22(14-12-20)32(29,30)28-21-15-16-31-25(17-21)26-23-7-3-1-5-18(23)9-10-19-6-2-4-8-24(19)26/h1-8,11-14,21,25-26,28H,9-10,15-17H2. The minimum atomic E-state index is -3.59. The molecule has 0 saturated carbocycles. The summed E-state index contributed by atoms with van der Waals surface area (Å²) in [5.41, 5.74) is 5.32. The fourth-order valence-electron chi connectivity index (χ4n) is 5.04. The van der Waals surface area contributed by atoms with Gasteiger partial charge in [0, 0.05) is 23.0 Å². The molecule has 0 spiro atoms. The normalized spacial score (nSPS) is 21.4. The van der Waals surface area contributed by atoms with Crippen LogP contribution in [0.1, 0.15) is 41.0 Å². The number of sulfonamides is 1. The molecule has 32 heavy (non-hydrogen) atoms. The van der Waals surface area contributed by atoms with E-state index in [-0.39, 0.29) is 23.0 Å². The number of fused-ring (bicyclic) bond motifs is 2. The van der Waals surface area contributed by atoms with E-state index < -0.39 is 10.0 Å². The molecule has 1 heterocycles. The summed E-state index contributed by atoms with van der Waals surface area (Å²) in [6.07, 6.45) is 3.25. The Morgan fingerprint density at radius 3 is 2.06 bits per heavy atom. The second-order valence-corrected chi connectivity index (χ2v) is 11.2.